The van der Waals surface area contributed by atoms with E-state index >= 15 is 0 Å². The van der Waals surface area contributed by atoms with Gasteiger partial charge in [-0.05, 0) is 0 Å². The average molecular weight is 1020 g/mol. The average Bonchev–Trinajstić information content (AvgIpc) is 3.48. The summed E-state index contributed by atoms with van der Waals surface area (Å²) in [6.07, 6.45) is 0. The molecule has 0 amide bonds. The summed E-state index contributed by atoms with van der Waals surface area (Å²) in [5, 5.41) is 17.1. The zero-order chi connectivity index (χ0) is 48.3. The molecule has 6 heteroatoms. The van der Waals surface area contributed by atoms with Gasteiger partial charge in [-0.2, -0.15) is 0 Å². The summed E-state index contributed by atoms with van der Waals surface area (Å²) in [7, 11) is -20.0. The highest BCUT2D eigenvalue weighted by Gasteiger charge is 2.90. The third kappa shape index (κ3) is 6.43. The monoisotopic (exact) mass is 1020 g/mol. The zero-order valence-corrected chi connectivity index (χ0v) is 46.3. The van der Waals surface area contributed by atoms with Gasteiger partial charge >= 0.3 is 0 Å². The van der Waals surface area contributed by atoms with Crippen LogP contribution in [0.1, 0.15) is 0 Å². The molecule has 11 aromatic carbocycles. The molecular formula is C66H55Si6. The van der Waals surface area contributed by atoms with Crippen LogP contribution in [0.5, 0.6) is 0 Å². The Morgan fingerprint density at radius 2 is 0.306 bits per heavy atom. The van der Waals surface area contributed by atoms with Gasteiger partial charge in [-0.25, -0.2) is 0 Å². The van der Waals surface area contributed by atoms with Crippen LogP contribution < -0.4 is 57.1 Å². The predicted octanol–water partition coefficient (Wildman–Crippen LogP) is 7.19. The lowest BCUT2D eigenvalue weighted by molar-refractivity contribution is 1.68. The fraction of sp³-hybridized carbons (Fsp3) is 0. The molecule has 0 spiro atoms. The van der Waals surface area contributed by atoms with E-state index in [9.17, 15) is 0 Å². The molecule has 0 aromatic heterocycles. The van der Waals surface area contributed by atoms with Gasteiger partial charge < -0.3 is 0 Å². The van der Waals surface area contributed by atoms with Gasteiger partial charge in [0.05, 0.1) is 7.83 Å². The van der Waals surface area contributed by atoms with Crippen LogP contribution in [-0.4, -0.2) is 43.4 Å². The van der Waals surface area contributed by atoms with E-state index in [0.29, 0.717) is 0 Å². The van der Waals surface area contributed by atoms with Crippen molar-refractivity contribution in [2.75, 3.05) is 0 Å². The van der Waals surface area contributed by atoms with Crippen molar-refractivity contribution in [1.29, 1.82) is 0 Å². The molecule has 12 rings (SSSR count). The van der Waals surface area contributed by atoms with Gasteiger partial charge in [0, 0.05) is 0 Å². The summed E-state index contributed by atoms with van der Waals surface area (Å²) in [4.78, 5) is 0. The smallest absolute Gasteiger partial charge is 0.0660 e. The maximum absolute atomic E-state index is 3.71. The van der Waals surface area contributed by atoms with Gasteiger partial charge in [0.15, 0.2) is 0 Å². The van der Waals surface area contributed by atoms with Crippen molar-refractivity contribution >= 4 is 100 Å². The van der Waals surface area contributed by atoms with Crippen LogP contribution in [0.25, 0.3) is 0 Å². The molecular weight excluding hydrogens is 961 g/mol. The zero-order valence-electron chi connectivity index (χ0n) is 40.3. The molecule has 1 saturated heterocycles. The van der Waals surface area contributed by atoms with Gasteiger partial charge in [-0.3, -0.25) is 0 Å². The normalized spacial score (nSPS) is 16.3. The van der Waals surface area contributed by atoms with Crippen molar-refractivity contribution in [1.82, 2.24) is 0 Å². The minimum absolute atomic E-state index is 1.55. The second kappa shape index (κ2) is 19.4. The van der Waals surface area contributed by atoms with Crippen LogP contribution in [0.2, 0.25) is 0 Å². The molecule has 0 saturated carbocycles. The van der Waals surface area contributed by atoms with E-state index in [1.54, 1.807) is 57.1 Å². The van der Waals surface area contributed by atoms with Crippen molar-refractivity contribution in [3.63, 3.8) is 0 Å². The Morgan fingerprint density at radius 1 is 0.153 bits per heavy atom. The summed E-state index contributed by atoms with van der Waals surface area (Å²) in [6, 6.07) is 136. The number of benzene rings is 11. The first-order chi connectivity index (χ1) is 35.8. The van der Waals surface area contributed by atoms with Crippen LogP contribution in [0.4, 0.5) is 0 Å². The Hall–Kier alpha value is -7.28. The van der Waals surface area contributed by atoms with Gasteiger partial charge in [0.2, 0.25) is 0 Å². The lowest BCUT2D eigenvalue weighted by Gasteiger charge is -2.75. The molecule has 1 aliphatic heterocycles. The molecule has 11 aromatic rings. The molecule has 0 atom stereocenters. The molecule has 0 N–H and O–H groups in total. The van der Waals surface area contributed by atoms with E-state index < -0.39 is 43.4 Å². The van der Waals surface area contributed by atoms with Crippen LogP contribution in [0, 0.1) is 0 Å². The highest BCUT2D eigenvalue weighted by Crippen LogP contribution is 2.47. The third-order valence-electron chi connectivity index (χ3n) is 16.1. The molecule has 0 bridgehead atoms. The second-order valence-electron chi connectivity index (χ2n) is 19.2. The minimum atomic E-state index is -3.71. The van der Waals surface area contributed by atoms with Crippen LogP contribution in [0.3, 0.4) is 0 Å². The van der Waals surface area contributed by atoms with Gasteiger partial charge in [0.25, 0.3) is 0 Å². The first-order valence-corrected chi connectivity index (χ1v) is 42.8. The maximum Gasteiger partial charge on any atom is 0.121 e. The first kappa shape index (κ1) is 45.8. The molecule has 0 nitrogen and oxygen atoms in total. The summed E-state index contributed by atoms with van der Waals surface area (Å²) in [5.41, 5.74) is 0. The summed E-state index contributed by atoms with van der Waals surface area (Å²) >= 11 is 0. The molecule has 0 aliphatic carbocycles. The highest BCUT2D eigenvalue weighted by molar-refractivity contribution is 8.24. The molecule has 1 aliphatic rings. The van der Waals surface area contributed by atoms with Crippen molar-refractivity contribution in [3.05, 3.63) is 334 Å². The maximum atomic E-state index is 2.64. The van der Waals surface area contributed by atoms with Crippen LogP contribution in [-0.2, 0) is 0 Å². The summed E-state index contributed by atoms with van der Waals surface area (Å²) in [5.74, 6) is 0. The van der Waals surface area contributed by atoms with Gasteiger partial charge in [-0.1, -0.05) is 391 Å². The quantitative estimate of drug-likeness (QED) is 0.121. The fourth-order valence-electron chi connectivity index (χ4n) is 14.3. The summed E-state index contributed by atoms with van der Waals surface area (Å²) in [6.45, 7) is 0. The molecule has 1 radical (unpaired) electrons. The molecule has 343 valence electrons. The van der Waals surface area contributed by atoms with Gasteiger partial charge in [-0.15, -0.1) is 0 Å². The Bertz CT molecular complexity index is 3110. The van der Waals surface area contributed by atoms with Crippen molar-refractivity contribution in [2.24, 2.45) is 0 Å². The third-order valence-corrected chi connectivity index (χ3v) is 124. The van der Waals surface area contributed by atoms with Crippen molar-refractivity contribution in [2.45, 2.75) is 0 Å². The van der Waals surface area contributed by atoms with E-state index in [1.807, 2.05) is 0 Å². The molecule has 0 unspecified atom stereocenters. The number of hydrogen-bond donors (Lipinski definition) is 0. The van der Waals surface area contributed by atoms with E-state index in [-0.39, 0.29) is 0 Å². The van der Waals surface area contributed by atoms with Crippen molar-refractivity contribution in [3.8, 4) is 0 Å². The van der Waals surface area contributed by atoms with Crippen LogP contribution in [0.15, 0.2) is 334 Å². The number of rotatable bonds is 11. The van der Waals surface area contributed by atoms with E-state index in [2.05, 4.69) is 334 Å². The van der Waals surface area contributed by atoms with E-state index in [4.69, 9.17) is 0 Å². The highest BCUT2D eigenvalue weighted by atomic mass is 30.2. The molecule has 1 fully saturated rings. The molecule has 1 heterocycles. The Morgan fingerprint density at radius 3 is 0.500 bits per heavy atom. The lowest BCUT2D eigenvalue weighted by Crippen LogP contribution is -3.21. The summed E-state index contributed by atoms with van der Waals surface area (Å²) < 4.78 is 0. The molecule has 72 heavy (non-hydrogen) atoms. The Balaban J connectivity index is 1.59. The van der Waals surface area contributed by atoms with Gasteiger partial charge in [0.1, 0.15) is 35.5 Å². The second-order valence-corrected chi connectivity index (χ2v) is 68.3. The standard InChI is InChI=1S/C66H55Si6/c1-12-34-56(35-13-1)67-68(57-36-14-2-15-37-57,58-38-16-3-17-39-58)70(61-44-22-6-23-45-61,62-46-24-7-25-47-62)72(65-52-30-10-31-53-65,66-54-32-11-33-55-66)71(63-48-26-8-27-49-63,64-50-28-9-29-51-64)69(67,59-40-18-4-19-41-59)60-42-20-5-21-43-60/h1-55H. The fourth-order valence-corrected chi connectivity index (χ4v) is 215. The van der Waals surface area contributed by atoms with E-state index in [1.165, 1.54) is 0 Å². The predicted molar refractivity (Wildman–Crippen MR) is 321 cm³/mol. The minimum Gasteiger partial charge on any atom is -0.0660 e. The first-order valence-electron chi connectivity index (χ1n) is 25.3. The SMILES string of the molecule is c1ccc([Si]2[Si](c3ccccc3)(c3ccccc3)[Si](c3ccccc3)(c3ccccc3)[Si](c3ccccc3)(c3ccccc3)[Si](c3ccccc3)(c3ccccc3)[Si]2(c2ccccc2)c2ccccc2)cc1. The number of hydrogen-bond acceptors (Lipinski definition) is 0. The van der Waals surface area contributed by atoms with Crippen LogP contribution >= 0.6 is 0 Å². The topological polar surface area (TPSA) is 0 Å². The Labute approximate surface area is 431 Å². The largest absolute Gasteiger partial charge is 0.121 e. The Kier molecular flexibility index (Phi) is 12.3. The van der Waals surface area contributed by atoms with E-state index in [0.717, 1.165) is 0 Å². The van der Waals surface area contributed by atoms with Crippen molar-refractivity contribution < 1.29 is 0 Å². The lowest BCUT2D eigenvalue weighted by atomic mass is 10.4.